The van der Waals surface area contributed by atoms with Gasteiger partial charge in [0.05, 0.1) is 0 Å². The van der Waals surface area contributed by atoms with Gasteiger partial charge in [0.15, 0.2) is 23.3 Å². The Morgan fingerprint density at radius 2 is 1.62 bits per heavy atom. The van der Waals surface area contributed by atoms with E-state index < -0.39 is 23.3 Å². The molecule has 1 aromatic rings. The van der Waals surface area contributed by atoms with Crippen LogP contribution in [0.4, 0.5) is 17.6 Å². The Bertz CT molecular complexity index is 377. The van der Waals surface area contributed by atoms with E-state index >= 15 is 0 Å². The van der Waals surface area contributed by atoms with Crippen LogP contribution in [-0.2, 0) is 6.42 Å². The summed E-state index contributed by atoms with van der Waals surface area (Å²) in [5.41, 5.74) is -0.127. The lowest BCUT2D eigenvalue weighted by molar-refractivity contribution is 0.388. The molecule has 0 heterocycles. The molecule has 1 nitrogen and oxygen atoms in total. The maximum Gasteiger partial charge on any atom is 0.197 e. The van der Waals surface area contributed by atoms with E-state index in [1.807, 2.05) is 19.0 Å². The largest absolute Gasteiger partial charge is 0.309 e. The Balaban J connectivity index is 2.81. The van der Waals surface area contributed by atoms with Crippen LogP contribution in [0.25, 0.3) is 0 Å². The molecule has 5 heteroatoms. The molecule has 1 aromatic carbocycles. The predicted molar refractivity (Wildman–Crippen MR) is 53.1 cm³/mol. The first-order valence-electron chi connectivity index (χ1n) is 4.90. The van der Waals surface area contributed by atoms with Crippen molar-refractivity contribution in [1.29, 1.82) is 0 Å². The van der Waals surface area contributed by atoms with E-state index in [4.69, 9.17) is 0 Å². The molecule has 16 heavy (non-hydrogen) atoms. The van der Waals surface area contributed by atoms with Crippen molar-refractivity contribution in [3.05, 3.63) is 34.9 Å². The number of benzene rings is 1. The van der Waals surface area contributed by atoms with Crippen molar-refractivity contribution >= 4 is 0 Å². The summed E-state index contributed by atoms with van der Waals surface area (Å²) in [5, 5.41) is 0. The molecule has 0 bridgehead atoms. The van der Waals surface area contributed by atoms with E-state index in [0.717, 1.165) is 0 Å². The van der Waals surface area contributed by atoms with Crippen LogP contribution in [-0.4, -0.2) is 25.5 Å². The Morgan fingerprint density at radius 3 is 2.19 bits per heavy atom. The number of hydrogen-bond acceptors (Lipinski definition) is 1. The van der Waals surface area contributed by atoms with Crippen LogP contribution in [0.5, 0.6) is 0 Å². The molecule has 0 saturated heterocycles. The molecular weight excluding hydrogens is 222 g/mol. The number of halogens is 4. The van der Waals surface area contributed by atoms with Gasteiger partial charge in [-0.05, 0) is 45.1 Å². The van der Waals surface area contributed by atoms with Gasteiger partial charge in [-0.25, -0.2) is 17.6 Å². The zero-order chi connectivity index (χ0) is 12.3. The fraction of sp³-hybridized carbons (Fsp3) is 0.455. The molecule has 0 radical (unpaired) electrons. The third kappa shape index (κ3) is 2.95. The fourth-order valence-corrected chi connectivity index (χ4v) is 1.39. The standard InChI is InChI=1S/C11H13F4N/c1-16(2)5-3-4-7-6-8(12)10(14)11(15)9(7)13/h6H,3-5H2,1-2H3. The minimum atomic E-state index is -1.76. The third-order valence-electron chi connectivity index (χ3n) is 2.23. The highest BCUT2D eigenvalue weighted by atomic mass is 19.2. The average Bonchev–Trinajstić information content (AvgIpc) is 2.22. The summed E-state index contributed by atoms with van der Waals surface area (Å²) in [6.07, 6.45) is 0.729. The molecule has 0 spiro atoms. The summed E-state index contributed by atoms with van der Waals surface area (Å²) < 4.78 is 51.4. The summed E-state index contributed by atoms with van der Waals surface area (Å²) >= 11 is 0. The summed E-state index contributed by atoms with van der Waals surface area (Å²) in [5.74, 6) is -6.13. The Labute approximate surface area is 91.7 Å². The van der Waals surface area contributed by atoms with Crippen molar-refractivity contribution in [2.75, 3.05) is 20.6 Å². The third-order valence-corrected chi connectivity index (χ3v) is 2.23. The number of aryl methyl sites for hydroxylation is 1. The lowest BCUT2D eigenvalue weighted by Crippen LogP contribution is -2.14. The van der Waals surface area contributed by atoms with Gasteiger partial charge in [-0.1, -0.05) is 0 Å². The highest BCUT2D eigenvalue weighted by Crippen LogP contribution is 2.19. The molecule has 0 amide bonds. The van der Waals surface area contributed by atoms with Crippen LogP contribution in [0, 0.1) is 23.3 Å². The van der Waals surface area contributed by atoms with Gasteiger partial charge in [-0.2, -0.15) is 0 Å². The monoisotopic (exact) mass is 235 g/mol. The van der Waals surface area contributed by atoms with Crippen LogP contribution in [0.15, 0.2) is 6.07 Å². The zero-order valence-electron chi connectivity index (χ0n) is 9.16. The van der Waals surface area contributed by atoms with Crippen LogP contribution in [0.3, 0.4) is 0 Å². The van der Waals surface area contributed by atoms with E-state index in [0.29, 0.717) is 19.0 Å². The van der Waals surface area contributed by atoms with E-state index in [1.54, 1.807) is 0 Å². The second kappa shape index (κ2) is 5.30. The minimum absolute atomic E-state index is 0.127. The SMILES string of the molecule is CN(C)CCCc1cc(F)c(F)c(F)c1F. The molecule has 0 aliphatic rings. The van der Waals surface area contributed by atoms with Gasteiger partial charge in [0, 0.05) is 0 Å². The van der Waals surface area contributed by atoms with Crippen molar-refractivity contribution in [3.8, 4) is 0 Å². The second-order valence-electron chi connectivity index (χ2n) is 3.87. The summed E-state index contributed by atoms with van der Waals surface area (Å²) in [6.45, 7) is 0.667. The smallest absolute Gasteiger partial charge is 0.197 e. The first-order chi connectivity index (χ1) is 7.43. The quantitative estimate of drug-likeness (QED) is 0.440. The minimum Gasteiger partial charge on any atom is -0.309 e. The van der Waals surface area contributed by atoms with E-state index in [1.165, 1.54) is 0 Å². The van der Waals surface area contributed by atoms with Crippen LogP contribution in [0.2, 0.25) is 0 Å². The molecular formula is C11H13F4N. The van der Waals surface area contributed by atoms with E-state index in [9.17, 15) is 17.6 Å². The van der Waals surface area contributed by atoms with Crippen molar-refractivity contribution < 1.29 is 17.6 Å². The number of nitrogens with zero attached hydrogens (tertiary/aromatic N) is 1. The van der Waals surface area contributed by atoms with Crippen LogP contribution >= 0.6 is 0 Å². The van der Waals surface area contributed by atoms with Gasteiger partial charge in [-0.15, -0.1) is 0 Å². The molecule has 0 aromatic heterocycles. The normalized spacial score (nSPS) is 11.2. The van der Waals surface area contributed by atoms with Crippen molar-refractivity contribution in [2.45, 2.75) is 12.8 Å². The Morgan fingerprint density at radius 1 is 1.00 bits per heavy atom. The van der Waals surface area contributed by atoms with Gasteiger partial charge in [-0.3, -0.25) is 0 Å². The van der Waals surface area contributed by atoms with Gasteiger partial charge < -0.3 is 4.90 Å². The van der Waals surface area contributed by atoms with E-state index in [-0.39, 0.29) is 12.0 Å². The molecule has 0 saturated carbocycles. The summed E-state index contributed by atoms with van der Waals surface area (Å²) in [7, 11) is 3.67. The van der Waals surface area contributed by atoms with Crippen molar-refractivity contribution in [1.82, 2.24) is 4.90 Å². The molecule has 0 fully saturated rings. The summed E-state index contributed by atoms with van der Waals surface area (Å²) in [6, 6.07) is 0.712. The molecule has 0 aliphatic carbocycles. The highest BCUT2D eigenvalue weighted by Gasteiger charge is 2.18. The lowest BCUT2D eigenvalue weighted by atomic mass is 10.1. The van der Waals surface area contributed by atoms with Crippen molar-refractivity contribution in [2.24, 2.45) is 0 Å². The van der Waals surface area contributed by atoms with Gasteiger partial charge >= 0.3 is 0 Å². The average molecular weight is 235 g/mol. The van der Waals surface area contributed by atoms with Crippen molar-refractivity contribution in [3.63, 3.8) is 0 Å². The molecule has 0 atom stereocenters. The van der Waals surface area contributed by atoms with Crippen LogP contribution < -0.4 is 0 Å². The fourth-order valence-electron chi connectivity index (χ4n) is 1.39. The Hall–Kier alpha value is -1.10. The highest BCUT2D eigenvalue weighted by molar-refractivity contribution is 5.21. The summed E-state index contributed by atoms with van der Waals surface area (Å²) in [4.78, 5) is 1.87. The Kier molecular flexibility index (Phi) is 4.29. The maximum atomic E-state index is 13.2. The molecule has 0 N–H and O–H groups in total. The molecule has 0 aliphatic heterocycles. The molecule has 0 unspecified atom stereocenters. The van der Waals surface area contributed by atoms with Gasteiger partial charge in [0.1, 0.15) is 0 Å². The number of rotatable bonds is 4. The lowest BCUT2D eigenvalue weighted by Gasteiger charge is -2.10. The first-order valence-corrected chi connectivity index (χ1v) is 4.90. The maximum absolute atomic E-state index is 13.2. The number of hydrogen-bond donors (Lipinski definition) is 0. The first kappa shape index (κ1) is 13.0. The van der Waals surface area contributed by atoms with Gasteiger partial charge in [0.25, 0.3) is 0 Å². The van der Waals surface area contributed by atoms with Gasteiger partial charge in [0.2, 0.25) is 0 Å². The van der Waals surface area contributed by atoms with E-state index in [2.05, 4.69) is 0 Å². The zero-order valence-corrected chi connectivity index (χ0v) is 9.16. The van der Waals surface area contributed by atoms with Crippen LogP contribution in [0.1, 0.15) is 12.0 Å². The molecule has 1 rings (SSSR count). The predicted octanol–water partition coefficient (Wildman–Crippen LogP) is 2.74. The topological polar surface area (TPSA) is 3.24 Å². The molecule has 90 valence electrons. The second-order valence-corrected chi connectivity index (χ2v) is 3.87.